The van der Waals surface area contributed by atoms with Gasteiger partial charge in [0.15, 0.2) is 6.23 Å². The van der Waals surface area contributed by atoms with Gasteiger partial charge in [0.25, 0.3) is 5.91 Å². The first-order chi connectivity index (χ1) is 13.4. The van der Waals surface area contributed by atoms with Crippen LogP contribution < -0.4 is 10.6 Å². The zero-order valence-corrected chi connectivity index (χ0v) is 15.6. The molecule has 2 aromatic rings. The van der Waals surface area contributed by atoms with Crippen molar-refractivity contribution < 1.29 is 19.5 Å². The van der Waals surface area contributed by atoms with Crippen LogP contribution in [0.15, 0.2) is 42.5 Å². The minimum Gasteiger partial charge on any atom is -0.381 e. The van der Waals surface area contributed by atoms with Gasteiger partial charge in [-0.2, -0.15) is 0 Å². The number of hydrogen-bond donors (Lipinski definition) is 3. The van der Waals surface area contributed by atoms with Crippen molar-refractivity contribution in [3.63, 3.8) is 0 Å². The van der Waals surface area contributed by atoms with Crippen molar-refractivity contribution in [1.29, 1.82) is 0 Å². The van der Waals surface area contributed by atoms with Gasteiger partial charge in [0, 0.05) is 34.8 Å². The number of amides is 3. The normalized spacial score (nSPS) is 21.5. The van der Waals surface area contributed by atoms with E-state index >= 15 is 0 Å². The maximum absolute atomic E-state index is 12.7. The summed E-state index contributed by atoms with van der Waals surface area (Å²) in [6.45, 7) is 0.528. The molecule has 4 rings (SSSR count). The highest BCUT2D eigenvalue weighted by molar-refractivity contribution is 6.30. The maximum atomic E-state index is 12.7. The topological polar surface area (TPSA) is 98.7 Å². The van der Waals surface area contributed by atoms with Crippen molar-refractivity contribution >= 4 is 35.0 Å². The lowest BCUT2D eigenvalue weighted by Gasteiger charge is -2.31. The van der Waals surface area contributed by atoms with E-state index in [0.717, 1.165) is 16.2 Å². The van der Waals surface area contributed by atoms with Crippen molar-refractivity contribution in [1.82, 2.24) is 10.2 Å². The molecule has 0 saturated carbocycles. The number of benzene rings is 2. The van der Waals surface area contributed by atoms with E-state index in [0.29, 0.717) is 22.7 Å². The third-order valence-electron chi connectivity index (χ3n) is 4.99. The SMILES string of the molecule is O=C1CCC(N2C(=O)c3ccc(NCc4cccc(Cl)c4)cc3C2O)C(=O)N1. The molecule has 1 fully saturated rings. The Morgan fingerprint density at radius 3 is 2.75 bits per heavy atom. The van der Waals surface area contributed by atoms with Crippen molar-refractivity contribution in [2.45, 2.75) is 31.7 Å². The Morgan fingerprint density at radius 2 is 2.00 bits per heavy atom. The van der Waals surface area contributed by atoms with E-state index in [1.165, 1.54) is 0 Å². The first kappa shape index (κ1) is 18.5. The van der Waals surface area contributed by atoms with Crippen molar-refractivity contribution in [2.75, 3.05) is 5.32 Å². The van der Waals surface area contributed by atoms with Gasteiger partial charge >= 0.3 is 0 Å². The molecule has 2 aliphatic heterocycles. The summed E-state index contributed by atoms with van der Waals surface area (Å²) in [4.78, 5) is 37.4. The lowest BCUT2D eigenvalue weighted by molar-refractivity contribution is -0.139. The highest BCUT2D eigenvalue weighted by Crippen LogP contribution is 2.36. The van der Waals surface area contributed by atoms with Gasteiger partial charge in [0.1, 0.15) is 6.04 Å². The number of nitrogens with zero attached hydrogens (tertiary/aromatic N) is 1. The molecule has 7 nitrogen and oxygen atoms in total. The lowest BCUT2D eigenvalue weighted by Crippen LogP contribution is -2.53. The molecule has 144 valence electrons. The Hall–Kier alpha value is -2.90. The van der Waals surface area contributed by atoms with Crippen LogP contribution in [0.25, 0.3) is 0 Å². The molecule has 0 aliphatic carbocycles. The van der Waals surface area contributed by atoms with Gasteiger partial charge in [-0.25, -0.2) is 0 Å². The van der Waals surface area contributed by atoms with Crippen molar-refractivity contribution in [3.05, 3.63) is 64.2 Å². The van der Waals surface area contributed by atoms with E-state index in [-0.39, 0.29) is 18.7 Å². The Kier molecular flexibility index (Phi) is 4.78. The molecule has 2 aliphatic rings. The number of aliphatic hydroxyl groups excluding tert-OH is 1. The first-order valence-corrected chi connectivity index (χ1v) is 9.28. The Balaban J connectivity index is 1.53. The second-order valence-electron chi connectivity index (χ2n) is 6.84. The summed E-state index contributed by atoms with van der Waals surface area (Å²) in [7, 11) is 0. The van der Waals surface area contributed by atoms with Gasteiger partial charge < -0.3 is 10.4 Å². The number of aliphatic hydroxyl groups is 1. The van der Waals surface area contributed by atoms with E-state index < -0.39 is 24.1 Å². The van der Waals surface area contributed by atoms with Gasteiger partial charge in [0.05, 0.1) is 0 Å². The summed E-state index contributed by atoms with van der Waals surface area (Å²) >= 11 is 5.99. The summed E-state index contributed by atoms with van der Waals surface area (Å²) in [5, 5.41) is 16.8. The Morgan fingerprint density at radius 1 is 1.18 bits per heavy atom. The Bertz CT molecular complexity index is 978. The van der Waals surface area contributed by atoms with Crippen LogP contribution in [0.4, 0.5) is 5.69 Å². The number of carbonyl (C=O) groups is 3. The predicted molar refractivity (Wildman–Crippen MR) is 103 cm³/mol. The minimum absolute atomic E-state index is 0.135. The van der Waals surface area contributed by atoms with Crippen LogP contribution in [0.1, 0.15) is 40.6 Å². The van der Waals surface area contributed by atoms with Gasteiger partial charge in [-0.15, -0.1) is 0 Å². The average Bonchev–Trinajstić information content (AvgIpc) is 2.91. The molecular formula is C20H18ClN3O4. The van der Waals surface area contributed by atoms with Gasteiger partial charge in [-0.3, -0.25) is 24.6 Å². The summed E-state index contributed by atoms with van der Waals surface area (Å²) in [5.41, 5.74) is 2.52. The molecule has 0 spiro atoms. The zero-order valence-electron chi connectivity index (χ0n) is 14.8. The van der Waals surface area contributed by atoms with Crippen LogP contribution in [0.3, 0.4) is 0 Å². The molecule has 3 amide bonds. The zero-order chi connectivity index (χ0) is 19.8. The third-order valence-corrected chi connectivity index (χ3v) is 5.22. The van der Waals surface area contributed by atoms with E-state index in [9.17, 15) is 19.5 Å². The molecule has 0 radical (unpaired) electrons. The van der Waals surface area contributed by atoms with Gasteiger partial charge in [-0.05, 0) is 42.3 Å². The predicted octanol–water partition coefficient (Wildman–Crippen LogP) is 2.20. The summed E-state index contributed by atoms with van der Waals surface area (Å²) in [6.07, 6.45) is -0.906. The minimum atomic E-state index is -1.24. The number of nitrogens with one attached hydrogen (secondary N) is 2. The quantitative estimate of drug-likeness (QED) is 0.684. The van der Waals surface area contributed by atoms with E-state index in [4.69, 9.17) is 11.6 Å². The molecule has 2 atom stereocenters. The van der Waals surface area contributed by atoms with Gasteiger partial charge in [0.2, 0.25) is 11.8 Å². The molecular weight excluding hydrogens is 382 g/mol. The Labute approximate surface area is 166 Å². The van der Waals surface area contributed by atoms with Crippen LogP contribution in [-0.2, 0) is 16.1 Å². The molecule has 2 aromatic carbocycles. The number of rotatable bonds is 4. The van der Waals surface area contributed by atoms with Crippen molar-refractivity contribution in [2.24, 2.45) is 0 Å². The largest absolute Gasteiger partial charge is 0.381 e. The van der Waals surface area contributed by atoms with Crippen LogP contribution in [-0.4, -0.2) is 33.8 Å². The average molecular weight is 400 g/mol. The number of hydrogen-bond acceptors (Lipinski definition) is 5. The van der Waals surface area contributed by atoms with E-state index in [1.807, 2.05) is 18.2 Å². The van der Waals surface area contributed by atoms with E-state index in [2.05, 4.69) is 10.6 Å². The standard InChI is InChI=1S/C20H18ClN3O4/c21-12-3-1-2-11(8-12)10-22-13-4-5-14-15(9-13)20(28)24(19(14)27)16-6-7-17(25)23-18(16)26/h1-5,8-9,16,20,22,28H,6-7,10H2,(H,23,25,26). The maximum Gasteiger partial charge on any atom is 0.257 e. The summed E-state index contributed by atoms with van der Waals surface area (Å²) in [5.74, 6) is -1.35. The second-order valence-corrected chi connectivity index (χ2v) is 7.27. The van der Waals surface area contributed by atoms with Crippen LogP contribution >= 0.6 is 11.6 Å². The summed E-state index contributed by atoms with van der Waals surface area (Å²) < 4.78 is 0. The third kappa shape index (κ3) is 3.34. The second kappa shape index (κ2) is 7.26. The highest BCUT2D eigenvalue weighted by Gasteiger charge is 2.44. The van der Waals surface area contributed by atoms with Gasteiger partial charge in [-0.1, -0.05) is 23.7 Å². The fraction of sp³-hybridized carbons (Fsp3) is 0.250. The fourth-order valence-corrected chi connectivity index (χ4v) is 3.80. The number of anilines is 1. The molecule has 2 unspecified atom stereocenters. The summed E-state index contributed by atoms with van der Waals surface area (Å²) in [6, 6.07) is 11.7. The lowest BCUT2D eigenvalue weighted by atomic mass is 10.0. The fourth-order valence-electron chi connectivity index (χ4n) is 3.59. The number of halogens is 1. The molecule has 8 heteroatoms. The number of fused-ring (bicyclic) bond motifs is 1. The number of piperidine rings is 1. The number of carbonyl (C=O) groups excluding carboxylic acids is 3. The van der Waals surface area contributed by atoms with Crippen molar-refractivity contribution in [3.8, 4) is 0 Å². The van der Waals surface area contributed by atoms with Crippen LogP contribution in [0, 0.1) is 0 Å². The van der Waals surface area contributed by atoms with Crippen LogP contribution in [0.2, 0.25) is 5.02 Å². The number of imide groups is 1. The highest BCUT2D eigenvalue weighted by atomic mass is 35.5. The smallest absolute Gasteiger partial charge is 0.257 e. The molecule has 3 N–H and O–H groups in total. The van der Waals surface area contributed by atoms with Crippen LogP contribution in [0.5, 0.6) is 0 Å². The molecule has 0 aromatic heterocycles. The first-order valence-electron chi connectivity index (χ1n) is 8.91. The molecule has 0 bridgehead atoms. The van der Waals surface area contributed by atoms with E-state index in [1.54, 1.807) is 24.3 Å². The monoisotopic (exact) mass is 399 g/mol. The molecule has 28 heavy (non-hydrogen) atoms. The molecule has 1 saturated heterocycles. The molecule has 2 heterocycles.